The number of ketones is 1. The molecule has 0 radical (unpaired) electrons. The Morgan fingerprint density at radius 1 is 0.700 bits per heavy atom. The van der Waals surface area contributed by atoms with Crippen LogP contribution in [0.5, 0.6) is 0 Å². The van der Waals surface area contributed by atoms with Gasteiger partial charge < -0.3 is 30.7 Å². The van der Waals surface area contributed by atoms with E-state index in [9.17, 15) is 24.0 Å². The Hall–Kier alpha value is -4.25. The van der Waals surface area contributed by atoms with Crippen molar-refractivity contribution in [2.24, 2.45) is 11.8 Å². The van der Waals surface area contributed by atoms with Crippen molar-refractivity contribution in [3.8, 4) is 0 Å². The van der Waals surface area contributed by atoms with Crippen molar-refractivity contribution in [1.82, 2.24) is 21.3 Å². The predicted molar refractivity (Wildman–Crippen MR) is 192 cm³/mol. The fraction of sp³-hybridized carbons (Fsp3) is 0.564. The van der Waals surface area contributed by atoms with Gasteiger partial charge in [0.15, 0.2) is 5.78 Å². The minimum atomic E-state index is -1.04. The van der Waals surface area contributed by atoms with Crippen molar-refractivity contribution in [2.75, 3.05) is 6.61 Å². The van der Waals surface area contributed by atoms with Gasteiger partial charge in [0, 0.05) is 6.42 Å². The lowest BCUT2D eigenvalue weighted by Crippen LogP contribution is -2.59. The average Bonchev–Trinajstić information content (AvgIpc) is 3.79. The van der Waals surface area contributed by atoms with Gasteiger partial charge in [-0.2, -0.15) is 0 Å². The summed E-state index contributed by atoms with van der Waals surface area (Å²) in [5.74, 6) is -1.69. The zero-order chi connectivity index (χ0) is 37.1. The van der Waals surface area contributed by atoms with E-state index in [1.165, 1.54) is 0 Å². The number of epoxide rings is 1. The Kier molecular flexibility index (Phi) is 14.6. The quantitative estimate of drug-likeness (QED) is 0.166. The molecular formula is C39H56N4O7. The summed E-state index contributed by atoms with van der Waals surface area (Å²) in [6.45, 7) is 15.0. The zero-order valence-corrected chi connectivity index (χ0v) is 30.8. The van der Waals surface area contributed by atoms with Gasteiger partial charge in [0.2, 0.25) is 17.7 Å². The summed E-state index contributed by atoms with van der Waals surface area (Å²) in [5.41, 5.74) is 0.0894. The van der Waals surface area contributed by atoms with E-state index in [2.05, 4.69) is 21.3 Å². The summed E-state index contributed by atoms with van der Waals surface area (Å²) in [7, 11) is 0. The van der Waals surface area contributed by atoms with Crippen molar-refractivity contribution < 1.29 is 33.4 Å². The molecule has 0 saturated carbocycles. The number of rotatable bonds is 18. The maximum absolute atomic E-state index is 14.0. The first-order valence-corrected chi connectivity index (χ1v) is 17.6. The summed E-state index contributed by atoms with van der Waals surface area (Å²) in [6.07, 6.45) is 0.867. The molecule has 4 amide bonds. The van der Waals surface area contributed by atoms with E-state index in [0.717, 1.165) is 11.1 Å². The van der Waals surface area contributed by atoms with Crippen LogP contribution in [0.3, 0.4) is 0 Å². The highest BCUT2D eigenvalue weighted by Crippen LogP contribution is 2.29. The Balaban J connectivity index is 1.83. The molecule has 1 heterocycles. The standard InChI is InChI=1S/C39H56N4O7/c1-25(2)21-30(33(44)39(8)24-49-39)40-36(47)32(23-28-17-13-10-14-18-28)42-35(46)31(22-26(3)4)41-34(45)29(43-37(48)50-38(5,6)7)20-19-27-15-11-9-12-16-27/h9-18,25-26,29-32H,19-24H2,1-8H3,(H,40,47)(H,41,45)(H,42,46)(H,43,48)/t29-,30?,31-,32+,39+/m0/s1. The number of hydrogen-bond acceptors (Lipinski definition) is 7. The number of ether oxygens (including phenoxy) is 2. The van der Waals surface area contributed by atoms with Gasteiger partial charge in [0.05, 0.1) is 12.6 Å². The fourth-order valence-corrected chi connectivity index (χ4v) is 5.58. The summed E-state index contributed by atoms with van der Waals surface area (Å²) in [6, 6.07) is 15.0. The largest absolute Gasteiger partial charge is 0.444 e. The lowest BCUT2D eigenvalue weighted by molar-refractivity contribution is -0.134. The van der Waals surface area contributed by atoms with E-state index in [0.29, 0.717) is 19.4 Å². The topological polar surface area (TPSA) is 155 Å². The third-order valence-corrected chi connectivity index (χ3v) is 8.27. The van der Waals surface area contributed by atoms with Crippen LogP contribution in [0.15, 0.2) is 60.7 Å². The predicted octanol–water partition coefficient (Wildman–Crippen LogP) is 4.66. The van der Waals surface area contributed by atoms with Gasteiger partial charge in [-0.1, -0.05) is 88.4 Å². The van der Waals surface area contributed by atoms with Gasteiger partial charge in [-0.05, 0) is 76.3 Å². The van der Waals surface area contributed by atoms with Gasteiger partial charge in [-0.15, -0.1) is 0 Å². The third-order valence-electron chi connectivity index (χ3n) is 8.27. The lowest BCUT2D eigenvalue weighted by atomic mass is 9.93. The molecule has 0 aliphatic carbocycles. The minimum Gasteiger partial charge on any atom is -0.444 e. The number of nitrogens with one attached hydrogen (secondary N) is 4. The fourth-order valence-electron chi connectivity index (χ4n) is 5.58. The first kappa shape index (κ1) is 40.2. The highest BCUT2D eigenvalue weighted by atomic mass is 16.6. The molecule has 274 valence electrons. The molecular weight excluding hydrogens is 636 g/mol. The van der Waals surface area contributed by atoms with Gasteiger partial charge in [0.1, 0.15) is 29.3 Å². The van der Waals surface area contributed by atoms with E-state index < -0.39 is 59.2 Å². The Morgan fingerprint density at radius 2 is 1.16 bits per heavy atom. The summed E-state index contributed by atoms with van der Waals surface area (Å²) < 4.78 is 10.8. The Bertz CT molecular complexity index is 1440. The van der Waals surface area contributed by atoms with Crippen LogP contribution in [-0.4, -0.2) is 71.6 Å². The molecule has 4 N–H and O–H groups in total. The van der Waals surface area contributed by atoms with Crippen molar-refractivity contribution in [2.45, 2.75) is 123 Å². The number of hydrogen-bond donors (Lipinski definition) is 4. The molecule has 3 rings (SSSR count). The number of carbonyl (C=O) groups is 5. The van der Waals surface area contributed by atoms with Crippen LogP contribution in [0.1, 0.15) is 85.8 Å². The molecule has 50 heavy (non-hydrogen) atoms. The number of amides is 4. The summed E-state index contributed by atoms with van der Waals surface area (Å²) in [5, 5.41) is 11.3. The molecule has 2 aromatic rings. The van der Waals surface area contributed by atoms with Crippen molar-refractivity contribution in [3.05, 3.63) is 71.8 Å². The van der Waals surface area contributed by atoms with Crippen molar-refractivity contribution >= 4 is 29.6 Å². The Labute approximate surface area is 297 Å². The van der Waals surface area contributed by atoms with E-state index >= 15 is 0 Å². The van der Waals surface area contributed by atoms with Crippen LogP contribution in [0.25, 0.3) is 0 Å². The normalized spacial score (nSPS) is 18.0. The monoisotopic (exact) mass is 692 g/mol. The van der Waals surface area contributed by atoms with Gasteiger partial charge >= 0.3 is 6.09 Å². The van der Waals surface area contributed by atoms with E-state index in [-0.39, 0.29) is 36.9 Å². The molecule has 5 atom stereocenters. The van der Waals surface area contributed by atoms with Crippen LogP contribution in [0.2, 0.25) is 0 Å². The zero-order valence-electron chi connectivity index (χ0n) is 30.8. The lowest BCUT2D eigenvalue weighted by Gasteiger charge is -2.28. The maximum atomic E-state index is 14.0. The molecule has 1 aliphatic rings. The van der Waals surface area contributed by atoms with Crippen LogP contribution in [0.4, 0.5) is 4.79 Å². The average molecular weight is 693 g/mol. The van der Waals surface area contributed by atoms with E-state index in [4.69, 9.17) is 9.47 Å². The number of benzene rings is 2. The van der Waals surface area contributed by atoms with Crippen LogP contribution >= 0.6 is 0 Å². The van der Waals surface area contributed by atoms with Crippen molar-refractivity contribution in [3.63, 3.8) is 0 Å². The number of carbonyl (C=O) groups excluding carboxylic acids is 5. The molecule has 1 saturated heterocycles. The van der Waals surface area contributed by atoms with E-state index in [1.54, 1.807) is 27.7 Å². The molecule has 1 aliphatic heterocycles. The molecule has 1 unspecified atom stereocenters. The molecule has 0 spiro atoms. The SMILES string of the molecule is CC(C)CC(NC(=O)[C@@H](Cc1ccccc1)NC(=O)[C@H](CC(C)C)NC(=O)[C@H](CCc1ccccc1)NC(=O)OC(C)(C)C)C(=O)[C@@]1(C)CO1. The van der Waals surface area contributed by atoms with E-state index in [1.807, 2.05) is 88.4 Å². The maximum Gasteiger partial charge on any atom is 0.408 e. The Morgan fingerprint density at radius 3 is 1.68 bits per heavy atom. The second-order valence-corrected chi connectivity index (χ2v) is 15.2. The number of aryl methyl sites for hydroxylation is 1. The summed E-state index contributed by atoms with van der Waals surface area (Å²) >= 11 is 0. The van der Waals surface area contributed by atoms with Crippen molar-refractivity contribution in [1.29, 1.82) is 0 Å². The van der Waals surface area contributed by atoms with Crippen LogP contribution in [0, 0.1) is 11.8 Å². The first-order chi connectivity index (χ1) is 23.5. The molecule has 0 bridgehead atoms. The van der Waals surface area contributed by atoms with Crippen LogP contribution < -0.4 is 21.3 Å². The van der Waals surface area contributed by atoms with Crippen LogP contribution in [-0.2, 0) is 41.5 Å². The summed E-state index contributed by atoms with van der Waals surface area (Å²) in [4.78, 5) is 67.8. The number of alkyl carbamates (subject to hydrolysis) is 1. The van der Waals surface area contributed by atoms with Gasteiger partial charge in [0.25, 0.3) is 0 Å². The molecule has 0 aromatic heterocycles. The first-order valence-electron chi connectivity index (χ1n) is 17.6. The molecule has 11 heteroatoms. The molecule has 11 nitrogen and oxygen atoms in total. The number of Topliss-reactive ketones (excluding diaryl/α,β-unsaturated/α-hetero) is 1. The highest BCUT2D eigenvalue weighted by molar-refractivity contribution is 5.98. The minimum absolute atomic E-state index is 0.00126. The second kappa shape index (κ2) is 18.1. The van der Waals surface area contributed by atoms with Gasteiger partial charge in [-0.25, -0.2) is 4.79 Å². The third kappa shape index (κ3) is 13.6. The highest BCUT2D eigenvalue weighted by Gasteiger charge is 2.50. The molecule has 2 aromatic carbocycles. The molecule has 1 fully saturated rings. The van der Waals surface area contributed by atoms with Gasteiger partial charge in [-0.3, -0.25) is 19.2 Å². The smallest absolute Gasteiger partial charge is 0.408 e. The second-order valence-electron chi connectivity index (χ2n) is 15.2.